The normalized spacial score (nSPS) is 12.1. The Morgan fingerprint density at radius 3 is 2.27 bits per heavy atom. The zero-order valence-electron chi connectivity index (χ0n) is 18.7. The number of nitrogens with zero attached hydrogens (tertiary/aromatic N) is 2. The molecular weight excluding hydrogens is 374 g/mol. The van der Waals surface area contributed by atoms with E-state index in [0.717, 1.165) is 23.2 Å². The lowest BCUT2D eigenvalue weighted by Crippen LogP contribution is -2.40. The molecule has 0 aliphatic heterocycles. The van der Waals surface area contributed by atoms with Crippen LogP contribution in [-0.2, 0) is 12.0 Å². The molecule has 1 aromatic heterocycles. The molecule has 2 aromatic carbocycles. The van der Waals surface area contributed by atoms with Crippen molar-refractivity contribution in [3.8, 4) is 16.8 Å². The zero-order valence-corrected chi connectivity index (χ0v) is 18.7. The first-order valence-corrected chi connectivity index (χ1v) is 10.3. The lowest BCUT2D eigenvalue weighted by Gasteiger charge is -2.22. The fourth-order valence-corrected chi connectivity index (χ4v) is 3.36. The summed E-state index contributed by atoms with van der Waals surface area (Å²) in [6.45, 7) is 11.4. The minimum atomic E-state index is -1.11. The van der Waals surface area contributed by atoms with Crippen molar-refractivity contribution in [3.63, 3.8) is 0 Å². The molecule has 3 rings (SSSR count). The number of hydrogen-bond acceptors (Lipinski definition) is 3. The number of hydrogen-bond donors (Lipinski definition) is 2. The summed E-state index contributed by atoms with van der Waals surface area (Å²) in [5, 5.41) is 13.6. The van der Waals surface area contributed by atoms with Crippen LogP contribution in [0.4, 0.5) is 0 Å². The Bertz CT molecular complexity index is 1040. The van der Waals surface area contributed by atoms with Crippen LogP contribution in [0, 0.1) is 0 Å². The van der Waals surface area contributed by atoms with Gasteiger partial charge in [0.15, 0.2) is 0 Å². The molecule has 0 saturated heterocycles. The number of rotatable bonds is 5. The number of nitrogens with one attached hydrogen (secondary N) is 1. The first kappa shape index (κ1) is 21.8. The maximum atomic E-state index is 13.0. The van der Waals surface area contributed by atoms with Crippen LogP contribution in [0.3, 0.4) is 0 Å². The molecule has 158 valence electrons. The van der Waals surface area contributed by atoms with Crippen LogP contribution in [0.15, 0.2) is 54.9 Å². The summed E-state index contributed by atoms with van der Waals surface area (Å²) in [6, 6.07) is 14.1. The van der Waals surface area contributed by atoms with E-state index in [4.69, 9.17) is 0 Å². The molecule has 0 bridgehead atoms. The number of carbonyl (C=O) groups excluding carboxylic acids is 1. The van der Waals surface area contributed by atoms with Crippen molar-refractivity contribution in [2.75, 3.05) is 0 Å². The van der Waals surface area contributed by atoms with Gasteiger partial charge in [0.1, 0.15) is 11.4 Å². The summed E-state index contributed by atoms with van der Waals surface area (Å²) in [7, 11) is 0. The average Bonchev–Trinajstić information content (AvgIpc) is 3.17. The fourth-order valence-electron chi connectivity index (χ4n) is 3.36. The van der Waals surface area contributed by atoms with Gasteiger partial charge < -0.3 is 15.0 Å². The number of aryl methyl sites for hydroxylation is 1. The molecule has 0 unspecified atom stereocenters. The van der Waals surface area contributed by atoms with Crippen LogP contribution in [0.25, 0.3) is 16.8 Å². The number of carbonyl (C=O) groups is 1. The predicted molar refractivity (Wildman–Crippen MR) is 121 cm³/mol. The Hall–Kier alpha value is -2.92. The lowest BCUT2D eigenvalue weighted by molar-refractivity contribution is 0.0672. The second kappa shape index (κ2) is 8.07. The molecule has 5 heteroatoms. The Kier molecular flexibility index (Phi) is 5.86. The van der Waals surface area contributed by atoms with E-state index in [1.165, 1.54) is 5.56 Å². The maximum absolute atomic E-state index is 13.0. The highest BCUT2D eigenvalue weighted by molar-refractivity contribution is 5.96. The van der Waals surface area contributed by atoms with Gasteiger partial charge in [-0.1, -0.05) is 31.2 Å². The van der Waals surface area contributed by atoms with Crippen molar-refractivity contribution < 1.29 is 9.90 Å². The Morgan fingerprint density at radius 2 is 1.70 bits per heavy atom. The van der Waals surface area contributed by atoms with E-state index in [1.54, 1.807) is 26.2 Å². The topological polar surface area (TPSA) is 67.2 Å². The van der Waals surface area contributed by atoms with Gasteiger partial charge in [0.2, 0.25) is 0 Å². The number of aliphatic hydroxyl groups is 1. The molecule has 0 radical (unpaired) electrons. The lowest BCUT2D eigenvalue weighted by atomic mass is 9.99. The monoisotopic (exact) mass is 405 g/mol. The van der Waals surface area contributed by atoms with Gasteiger partial charge in [-0.2, -0.15) is 0 Å². The van der Waals surface area contributed by atoms with Crippen molar-refractivity contribution in [3.05, 3.63) is 71.8 Å². The van der Waals surface area contributed by atoms with E-state index in [1.807, 2.05) is 43.5 Å². The van der Waals surface area contributed by atoms with Crippen molar-refractivity contribution in [1.29, 1.82) is 0 Å². The second-order valence-electron chi connectivity index (χ2n) is 9.20. The molecule has 1 amide bonds. The second-order valence-corrected chi connectivity index (χ2v) is 9.20. The molecule has 0 atom stereocenters. The molecule has 0 fully saturated rings. The molecule has 0 aliphatic rings. The van der Waals surface area contributed by atoms with Crippen LogP contribution in [-0.4, -0.2) is 26.1 Å². The molecule has 5 nitrogen and oxygen atoms in total. The highest BCUT2D eigenvalue weighted by atomic mass is 16.3. The van der Waals surface area contributed by atoms with Crippen molar-refractivity contribution in [2.24, 2.45) is 0 Å². The smallest absolute Gasteiger partial charge is 0.251 e. The Morgan fingerprint density at radius 1 is 1.03 bits per heavy atom. The van der Waals surface area contributed by atoms with E-state index >= 15 is 0 Å². The molecule has 30 heavy (non-hydrogen) atoms. The fraction of sp³-hybridized carbons (Fsp3) is 0.360. The van der Waals surface area contributed by atoms with Crippen LogP contribution in [0.5, 0.6) is 0 Å². The Labute approximate surface area is 178 Å². The van der Waals surface area contributed by atoms with Crippen molar-refractivity contribution in [1.82, 2.24) is 14.9 Å². The summed E-state index contributed by atoms with van der Waals surface area (Å²) in [6.07, 6.45) is 4.44. The number of benzene rings is 2. The largest absolute Gasteiger partial charge is 0.382 e. The number of amides is 1. The van der Waals surface area contributed by atoms with Gasteiger partial charge >= 0.3 is 0 Å². The highest BCUT2D eigenvalue weighted by Gasteiger charge is 2.24. The molecule has 3 aromatic rings. The van der Waals surface area contributed by atoms with Crippen molar-refractivity contribution in [2.45, 2.75) is 59.1 Å². The van der Waals surface area contributed by atoms with E-state index in [2.05, 4.69) is 41.5 Å². The first-order chi connectivity index (χ1) is 14.0. The van der Waals surface area contributed by atoms with Crippen LogP contribution in [0.1, 0.15) is 63.3 Å². The first-order valence-electron chi connectivity index (χ1n) is 10.3. The average molecular weight is 406 g/mol. The van der Waals surface area contributed by atoms with Gasteiger partial charge in [-0.15, -0.1) is 0 Å². The van der Waals surface area contributed by atoms with Crippen LogP contribution < -0.4 is 5.32 Å². The van der Waals surface area contributed by atoms with Crippen molar-refractivity contribution >= 4 is 5.91 Å². The number of imidazole rings is 1. The summed E-state index contributed by atoms with van der Waals surface area (Å²) in [4.78, 5) is 17.3. The third-order valence-electron chi connectivity index (χ3n) is 4.83. The predicted octanol–water partition coefficient (Wildman–Crippen LogP) is 4.86. The molecule has 0 saturated carbocycles. The molecule has 0 aliphatic carbocycles. The van der Waals surface area contributed by atoms with E-state index < -0.39 is 5.60 Å². The quantitative estimate of drug-likeness (QED) is 0.637. The number of aromatic nitrogens is 2. The van der Waals surface area contributed by atoms with Crippen LogP contribution in [0.2, 0.25) is 0 Å². The van der Waals surface area contributed by atoms with Gasteiger partial charge in [0.05, 0.1) is 0 Å². The molecule has 0 spiro atoms. The van der Waals surface area contributed by atoms with Crippen LogP contribution >= 0.6 is 0 Å². The zero-order chi connectivity index (χ0) is 22.1. The third-order valence-corrected chi connectivity index (χ3v) is 4.83. The van der Waals surface area contributed by atoms with Gasteiger partial charge in [0, 0.05) is 29.2 Å². The standard InChI is InChI=1S/C25H31N3O2/c1-7-17-8-10-18(11-9-17)19-14-20(22(29)27-24(2,3)4)16-21(15-19)28-13-12-26-23(28)25(5,6)30/h8-16,30H,7H2,1-6H3,(H,27,29). The highest BCUT2D eigenvalue weighted by Crippen LogP contribution is 2.28. The third kappa shape index (κ3) is 4.97. The summed E-state index contributed by atoms with van der Waals surface area (Å²) in [5.74, 6) is 0.379. The summed E-state index contributed by atoms with van der Waals surface area (Å²) < 4.78 is 1.83. The van der Waals surface area contributed by atoms with Gasteiger partial charge in [-0.25, -0.2) is 4.98 Å². The molecule has 1 heterocycles. The van der Waals surface area contributed by atoms with Gasteiger partial charge in [-0.05, 0) is 75.9 Å². The minimum absolute atomic E-state index is 0.138. The minimum Gasteiger partial charge on any atom is -0.382 e. The maximum Gasteiger partial charge on any atom is 0.251 e. The summed E-state index contributed by atoms with van der Waals surface area (Å²) >= 11 is 0. The molecule has 2 N–H and O–H groups in total. The van der Waals surface area contributed by atoms with E-state index in [-0.39, 0.29) is 11.4 Å². The van der Waals surface area contributed by atoms with Gasteiger partial charge in [0.25, 0.3) is 5.91 Å². The SMILES string of the molecule is CCc1ccc(-c2cc(C(=O)NC(C)(C)C)cc(-n3ccnc3C(C)(C)O)c2)cc1. The Balaban J connectivity index is 2.16. The molecular formula is C25H31N3O2. The van der Waals surface area contributed by atoms with Gasteiger partial charge in [-0.3, -0.25) is 4.79 Å². The van der Waals surface area contributed by atoms with E-state index in [9.17, 15) is 9.90 Å². The summed E-state index contributed by atoms with van der Waals surface area (Å²) in [5.41, 5.74) is 3.11. The van der Waals surface area contributed by atoms with E-state index in [0.29, 0.717) is 11.4 Å².